The average Bonchev–Trinajstić information content (AvgIpc) is 2.55. The maximum Gasteiger partial charge on any atom is 0.307 e. The summed E-state index contributed by atoms with van der Waals surface area (Å²) in [6, 6.07) is 0.307. The normalized spacial score (nSPS) is 19.4. The number of nitrogens with zero attached hydrogens (tertiary/aromatic N) is 1. The monoisotopic (exact) mass is 256 g/mol. The summed E-state index contributed by atoms with van der Waals surface area (Å²) in [5, 5.41) is 8.98. The first-order chi connectivity index (χ1) is 8.50. The summed E-state index contributed by atoms with van der Waals surface area (Å²) in [5.74, 6) is -1.66. The maximum atomic E-state index is 11.1. The van der Waals surface area contributed by atoms with Gasteiger partial charge in [0.2, 0.25) is 5.91 Å². The van der Waals surface area contributed by atoms with Crippen LogP contribution in [0, 0.1) is 5.92 Å². The van der Waals surface area contributed by atoms with Crippen LogP contribution in [0.5, 0.6) is 0 Å². The Morgan fingerprint density at radius 3 is 2.28 bits per heavy atom. The lowest BCUT2D eigenvalue weighted by molar-refractivity contribution is -0.142. The Morgan fingerprint density at radius 1 is 1.28 bits per heavy atom. The van der Waals surface area contributed by atoms with E-state index in [0.717, 1.165) is 25.7 Å². The van der Waals surface area contributed by atoms with Crippen molar-refractivity contribution in [1.82, 2.24) is 4.90 Å². The molecule has 0 radical (unpaired) electrons. The first-order valence-corrected chi connectivity index (χ1v) is 6.76. The van der Waals surface area contributed by atoms with E-state index in [0.29, 0.717) is 12.6 Å². The van der Waals surface area contributed by atoms with Crippen LogP contribution >= 0.6 is 0 Å². The van der Waals surface area contributed by atoms with Crippen LogP contribution < -0.4 is 5.73 Å². The molecule has 1 saturated carbocycles. The van der Waals surface area contributed by atoms with E-state index in [1.807, 2.05) is 4.90 Å². The first kappa shape index (κ1) is 15.0. The Labute approximate surface area is 108 Å². The average molecular weight is 256 g/mol. The van der Waals surface area contributed by atoms with Gasteiger partial charge < -0.3 is 10.8 Å². The molecule has 1 fully saturated rings. The van der Waals surface area contributed by atoms with Crippen molar-refractivity contribution in [3.05, 3.63) is 0 Å². The van der Waals surface area contributed by atoms with Crippen LogP contribution in [0.15, 0.2) is 0 Å². The molecule has 1 aliphatic carbocycles. The first-order valence-electron chi connectivity index (χ1n) is 6.76. The van der Waals surface area contributed by atoms with Crippen molar-refractivity contribution < 1.29 is 14.7 Å². The number of nitrogens with two attached hydrogens (primary N) is 1. The lowest BCUT2D eigenvalue weighted by atomic mass is 10.0. The van der Waals surface area contributed by atoms with E-state index in [1.165, 1.54) is 12.8 Å². The van der Waals surface area contributed by atoms with Crippen molar-refractivity contribution in [1.29, 1.82) is 0 Å². The van der Waals surface area contributed by atoms with E-state index in [9.17, 15) is 9.59 Å². The fourth-order valence-electron chi connectivity index (χ4n) is 2.60. The SMILES string of the molecule is CC(CN(CC(N)=O)C1CCCCCC1)C(=O)O. The Balaban J connectivity index is 2.63. The third kappa shape index (κ3) is 5.04. The molecule has 0 aromatic heterocycles. The summed E-state index contributed by atoms with van der Waals surface area (Å²) < 4.78 is 0. The van der Waals surface area contributed by atoms with Gasteiger partial charge in [-0.05, 0) is 12.8 Å². The lowest BCUT2D eigenvalue weighted by Gasteiger charge is -2.31. The van der Waals surface area contributed by atoms with Crippen molar-refractivity contribution in [2.45, 2.75) is 51.5 Å². The van der Waals surface area contributed by atoms with E-state index in [2.05, 4.69) is 0 Å². The molecular weight excluding hydrogens is 232 g/mol. The predicted molar refractivity (Wildman–Crippen MR) is 69.1 cm³/mol. The number of hydrogen-bond donors (Lipinski definition) is 2. The number of carboxylic acid groups (broad SMARTS) is 1. The molecule has 18 heavy (non-hydrogen) atoms. The van der Waals surface area contributed by atoms with Crippen LogP contribution in [0.1, 0.15) is 45.4 Å². The lowest BCUT2D eigenvalue weighted by Crippen LogP contribution is -2.44. The zero-order valence-corrected chi connectivity index (χ0v) is 11.1. The third-order valence-corrected chi connectivity index (χ3v) is 3.63. The highest BCUT2D eigenvalue weighted by molar-refractivity contribution is 5.76. The third-order valence-electron chi connectivity index (χ3n) is 3.63. The molecule has 0 aromatic rings. The Morgan fingerprint density at radius 2 is 1.83 bits per heavy atom. The van der Waals surface area contributed by atoms with E-state index in [-0.39, 0.29) is 12.5 Å². The number of aliphatic carboxylic acids is 1. The van der Waals surface area contributed by atoms with Gasteiger partial charge in [0.05, 0.1) is 12.5 Å². The van der Waals surface area contributed by atoms with Crippen molar-refractivity contribution >= 4 is 11.9 Å². The van der Waals surface area contributed by atoms with Gasteiger partial charge in [0.15, 0.2) is 0 Å². The Bertz CT molecular complexity index is 286. The molecule has 1 unspecified atom stereocenters. The largest absolute Gasteiger partial charge is 0.481 e. The Kier molecular flexibility index (Phi) is 6.12. The minimum atomic E-state index is -0.821. The quantitative estimate of drug-likeness (QED) is 0.700. The van der Waals surface area contributed by atoms with Gasteiger partial charge in [0.25, 0.3) is 0 Å². The molecule has 1 atom stereocenters. The number of carbonyl (C=O) groups is 2. The van der Waals surface area contributed by atoms with Crippen molar-refractivity contribution in [2.75, 3.05) is 13.1 Å². The summed E-state index contributed by atoms with van der Waals surface area (Å²) in [6.45, 7) is 2.25. The maximum absolute atomic E-state index is 11.1. The fourth-order valence-corrected chi connectivity index (χ4v) is 2.60. The van der Waals surface area contributed by atoms with E-state index in [1.54, 1.807) is 6.92 Å². The molecule has 0 aromatic carbocycles. The van der Waals surface area contributed by atoms with Crippen molar-refractivity contribution in [3.8, 4) is 0 Å². The minimum absolute atomic E-state index is 0.169. The van der Waals surface area contributed by atoms with E-state index >= 15 is 0 Å². The molecule has 1 aliphatic rings. The smallest absolute Gasteiger partial charge is 0.307 e. The molecule has 0 heterocycles. The molecule has 0 aliphatic heterocycles. The zero-order valence-electron chi connectivity index (χ0n) is 11.1. The highest BCUT2D eigenvalue weighted by atomic mass is 16.4. The number of carboxylic acids is 1. The van der Waals surface area contributed by atoms with E-state index < -0.39 is 11.9 Å². The van der Waals surface area contributed by atoms with Crippen LogP contribution in [0.2, 0.25) is 0 Å². The molecule has 104 valence electrons. The summed E-state index contributed by atoms with van der Waals surface area (Å²) in [4.78, 5) is 24.0. The van der Waals surface area contributed by atoms with Crippen LogP contribution in [0.4, 0.5) is 0 Å². The summed E-state index contributed by atoms with van der Waals surface area (Å²) in [7, 11) is 0. The second-order valence-electron chi connectivity index (χ2n) is 5.28. The molecule has 0 saturated heterocycles. The van der Waals surface area contributed by atoms with Crippen LogP contribution in [-0.4, -0.2) is 41.0 Å². The minimum Gasteiger partial charge on any atom is -0.481 e. The second kappa shape index (κ2) is 7.36. The van der Waals surface area contributed by atoms with Crippen LogP contribution in [0.3, 0.4) is 0 Å². The van der Waals surface area contributed by atoms with Crippen LogP contribution in [-0.2, 0) is 9.59 Å². The summed E-state index contributed by atoms with van der Waals surface area (Å²) in [6.07, 6.45) is 6.85. The molecular formula is C13H24N2O3. The number of hydrogen-bond acceptors (Lipinski definition) is 3. The van der Waals surface area contributed by atoms with E-state index in [4.69, 9.17) is 10.8 Å². The molecule has 0 spiro atoms. The second-order valence-corrected chi connectivity index (χ2v) is 5.28. The molecule has 1 rings (SSSR count). The number of amides is 1. The molecule has 0 bridgehead atoms. The summed E-state index contributed by atoms with van der Waals surface area (Å²) in [5.41, 5.74) is 5.26. The number of carbonyl (C=O) groups excluding carboxylic acids is 1. The van der Waals surface area contributed by atoms with Gasteiger partial charge in [-0.15, -0.1) is 0 Å². The fraction of sp³-hybridized carbons (Fsp3) is 0.846. The van der Waals surface area contributed by atoms with Gasteiger partial charge in [-0.3, -0.25) is 14.5 Å². The predicted octanol–water partition coefficient (Wildman–Crippen LogP) is 1.22. The zero-order chi connectivity index (χ0) is 13.5. The molecule has 5 heteroatoms. The topological polar surface area (TPSA) is 83.6 Å². The van der Waals surface area contributed by atoms with Gasteiger partial charge in [-0.2, -0.15) is 0 Å². The number of primary amides is 1. The van der Waals surface area contributed by atoms with Crippen molar-refractivity contribution in [2.24, 2.45) is 11.7 Å². The molecule has 3 N–H and O–H groups in total. The van der Waals surface area contributed by atoms with Crippen molar-refractivity contribution in [3.63, 3.8) is 0 Å². The standard InChI is InChI=1S/C13H24N2O3/c1-10(13(17)18)8-15(9-12(14)16)11-6-4-2-3-5-7-11/h10-11H,2-9H2,1H3,(H2,14,16)(H,17,18). The van der Waals surface area contributed by atoms with Gasteiger partial charge in [-0.25, -0.2) is 0 Å². The summed E-state index contributed by atoms with van der Waals surface area (Å²) >= 11 is 0. The molecule has 5 nitrogen and oxygen atoms in total. The van der Waals surface area contributed by atoms with Gasteiger partial charge in [0.1, 0.15) is 0 Å². The number of rotatable bonds is 6. The van der Waals surface area contributed by atoms with Gasteiger partial charge in [0, 0.05) is 12.6 Å². The molecule has 1 amide bonds. The van der Waals surface area contributed by atoms with Gasteiger partial charge >= 0.3 is 5.97 Å². The van der Waals surface area contributed by atoms with Crippen LogP contribution in [0.25, 0.3) is 0 Å². The highest BCUT2D eigenvalue weighted by Gasteiger charge is 2.25. The highest BCUT2D eigenvalue weighted by Crippen LogP contribution is 2.22. The Hall–Kier alpha value is -1.10. The van der Waals surface area contributed by atoms with Gasteiger partial charge in [-0.1, -0.05) is 32.6 Å².